The van der Waals surface area contributed by atoms with Crippen molar-refractivity contribution >= 4 is 21.9 Å². The van der Waals surface area contributed by atoms with Gasteiger partial charge < -0.3 is 4.42 Å². The molecule has 4 aromatic rings. The number of fused-ring (bicyclic) bond motifs is 3. The van der Waals surface area contributed by atoms with Gasteiger partial charge in [-0.15, -0.1) is 0 Å². The van der Waals surface area contributed by atoms with Crippen molar-refractivity contribution in [3.8, 4) is 11.1 Å². The number of aryl methyl sites for hydroxylation is 1. The maximum atomic E-state index is 6.09. The highest BCUT2D eigenvalue weighted by Gasteiger charge is 2.12. The minimum absolute atomic E-state index is 0.948. The van der Waals surface area contributed by atoms with Crippen LogP contribution in [-0.4, -0.2) is 0 Å². The van der Waals surface area contributed by atoms with Gasteiger partial charge in [0, 0.05) is 16.3 Å². The smallest absolute Gasteiger partial charge is 0.143 e. The molecule has 0 N–H and O–H groups in total. The average Bonchev–Trinajstić information content (AvgIpc) is 2.86. The largest absolute Gasteiger partial charge is 0.455 e. The fourth-order valence-electron chi connectivity index (χ4n) is 2.83. The Balaban J connectivity index is 2.13. The van der Waals surface area contributed by atoms with E-state index in [2.05, 4.69) is 61.5 Å². The summed E-state index contributed by atoms with van der Waals surface area (Å²) >= 11 is 0. The minimum atomic E-state index is 0.948. The van der Waals surface area contributed by atoms with E-state index in [0.29, 0.717) is 0 Å². The first kappa shape index (κ1) is 11.3. The molecule has 1 nitrogen and oxygen atoms in total. The summed E-state index contributed by atoms with van der Waals surface area (Å²) in [6, 6.07) is 23.0. The van der Waals surface area contributed by atoms with Gasteiger partial charge in [0.25, 0.3) is 0 Å². The van der Waals surface area contributed by atoms with Crippen LogP contribution >= 0.6 is 0 Å². The highest BCUT2D eigenvalue weighted by atomic mass is 16.3. The molecule has 0 amide bonds. The van der Waals surface area contributed by atoms with Gasteiger partial charge >= 0.3 is 0 Å². The van der Waals surface area contributed by atoms with Crippen molar-refractivity contribution in [2.75, 3.05) is 0 Å². The molecule has 0 spiro atoms. The van der Waals surface area contributed by atoms with Gasteiger partial charge in [-0.05, 0) is 24.1 Å². The molecule has 0 aliphatic rings. The number of hydrogen-bond acceptors (Lipinski definition) is 1. The molecule has 0 bridgehead atoms. The van der Waals surface area contributed by atoms with E-state index in [1.807, 2.05) is 12.1 Å². The number of benzene rings is 3. The molecule has 0 saturated carbocycles. The Morgan fingerprint density at radius 3 is 2.25 bits per heavy atom. The summed E-state index contributed by atoms with van der Waals surface area (Å²) in [7, 11) is 0. The second kappa shape index (κ2) is 4.24. The highest BCUT2D eigenvalue weighted by Crippen LogP contribution is 2.36. The van der Waals surface area contributed by atoms with Crippen LogP contribution in [0.5, 0.6) is 0 Å². The minimum Gasteiger partial charge on any atom is -0.455 e. The molecule has 3 aromatic carbocycles. The lowest BCUT2D eigenvalue weighted by atomic mass is 9.98. The van der Waals surface area contributed by atoms with Crippen LogP contribution in [0.4, 0.5) is 0 Å². The summed E-state index contributed by atoms with van der Waals surface area (Å²) in [5.74, 6) is 0. The van der Waals surface area contributed by atoms with Gasteiger partial charge in [0.15, 0.2) is 0 Å². The predicted molar refractivity (Wildman–Crippen MR) is 83.9 cm³/mol. The van der Waals surface area contributed by atoms with E-state index < -0.39 is 0 Å². The monoisotopic (exact) mass is 258 g/mol. The number of rotatable bonds is 1. The average molecular weight is 258 g/mol. The highest BCUT2D eigenvalue weighted by molar-refractivity contribution is 6.09. The first-order valence-electron chi connectivity index (χ1n) is 6.81. The third-order valence-corrected chi connectivity index (χ3v) is 3.84. The molecule has 1 heterocycles. The lowest BCUT2D eigenvalue weighted by Gasteiger charge is -2.06. The van der Waals surface area contributed by atoms with Gasteiger partial charge in [-0.1, -0.05) is 60.7 Å². The standard InChI is InChI=1S/C19H14O/c1-13-7-2-3-8-14(13)16-10-6-11-17-15-9-4-5-12-18(15)20-19(16)17/h2-12H,1H3. The van der Waals surface area contributed by atoms with Gasteiger partial charge in [0.2, 0.25) is 0 Å². The lowest BCUT2D eigenvalue weighted by molar-refractivity contribution is 0.670. The van der Waals surface area contributed by atoms with Crippen LogP contribution in [0.3, 0.4) is 0 Å². The second-order valence-corrected chi connectivity index (χ2v) is 5.10. The van der Waals surface area contributed by atoms with Crippen LogP contribution in [0.25, 0.3) is 33.1 Å². The SMILES string of the molecule is Cc1ccccc1-c1cccc2c1oc1ccccc12. The zero-order valence-electron chi connectivity index (χ0n) is 11.3. The van der Waals surface area contributed by atoms with Crippen LogP contribution in [0, 0.1) is 6.92 Å². The summed E-state index contributed by atoms with van der Waals surface area (Å²) in [6.07, 6.45) is 0. The van der Waals surface area contributed by atoms with Crippen molar-refractivity contribution in [2.45, 2.75) is 6.92 Å². The van der Waals surface area contributed by atoms with E-state index >= 15 is 0 Å². The molecule has 0 radical (unpaired) electrons. The van der Waals surface area contributed by atoms with E-state index in [-0.39, 0.29) is 0 Å². The van der Waals surface area contributed by atoms with Crippen molar-refractivity contribution in [3.05, 3.63) is 72.3 Å². The van der Waals surface area contributed by atoms with E-state index in [1.54, 1.807) is 0 Å². The third-order valence-electron chi connectivity index (χ3n) is 3.84. The summed E-state index contributed by atoms with van der Waals surface area (Å²) in [6.45, 7) is 2.14. The molecule has 1 heteroatoms. The number of hydrogen-bond donors (Lipinski definition) is 0. The fourth-order valence-corrected chi connectivity index (χ4v) is 2.83. The first-order valence-corrected chi connectivity index (χ1v) is 6.81. The summed E-state index contributed by atoms with van der Waals surface area (Å²) in [4.78, 5) is 0. The van der Waals surface area contributed by atoms with Gasteiger partial charge in [0.05, 0.1) is 0 Å². The summed E-state index contributed by atoms with van der Waals surface area (Å²) in [5.41, 5.74) is 5.58. The predicted octanol–water partition coefficient (Wildman–Crippen LogP) is 5.56. The maximum absolute atomic E-state index is 6.09. The van der Waals surface area contributed by atoms with E-state index in [0.717, 1.165) is 16.7 Å². The molecule has 0 aliphatic heterocycles. The fraction of sp³-hybridized carbons (Fsp3) is 0.0526. The van der Waals surface area contributed by atoms with Crippen molar-refractivity contribution in [1.29, 1.82) is 0 Å². The van der Waals surface area contributed by atoms with Crippen molar-refractivity contribution in [3.63, 3.8) is 0 Å². The molecule has 0 saturated heterocycles. The van der Waals surface area contributed by atoms with Gasteiger partial charge in [0.1, 0.15) is 11.2 Å². The van der Waals surface area contributed by atoms with Gasteiger partial charge in [-0.3, -0.25) is 0 Å². The summed E-state index contributed by atoms with van der Waals surface area (Å²) < 4.78 is 6.09. The molecular weight excluding hydrogens is 244 g/mol. The number of furan rings is 1. The van der Waals surface area contributed by atoms with Crippen LogP contribution in [0.15, 0.2) is 71.1 Å². The van der Waals surface area contributed by atoms with Crippen molar-refractivity contribution in [2.24, 2.45) is 0 Å². The van der Waals surface area contributed by atoms with E-state index in [9.17, 15) is 0 Å². The molecule has 0 fully saturated rings. The Bertz CT molecular complexity index is 915. The van der Waals surface area contributed by atoms with Crippen molar-refractivity contribution in [1.82, 2.24) is 0 Å². The molecule has 0 unspecified atom stereocenters. The van der Waals surface area contributed by atoms with Crippen LogP contribution < -0.4 is 0 Å². The first-order chi connectivity index (χ1) is 9.84. The zero-order valence-corrected chi connectivity index (χ0v) is 11.3. The third kappa shape index (κ3) is 1.56. The Labute approximate surface area is 117 Å². The molecular formula is C19H14O. The van der Waals surface area contributed by atoms with Crippen LogP contribution in [0.1, 0.15) is 5.56 Å². The van der Waals surface area contributed by atoms with Crippen LogP contribution in [-0.2, 0) is 0 Å². The second-order valence-electron chi connectivity index (χ2n) is 5.10. The quantitative estimate of drug-likeness (QED) is 0.435. The maximum Gasteiger partial charge on any atom is 0.143 e. The molecule has 1 aromatic heterocycles. The normalized spacial score (nSPS) is 11.2. The Hall–Kier alpha value is -2.54. The summed E-state index contributed by atoms with van der Waals surface area (Å²) in [5, 5.41) is 2.36. The van der Waals surface area contributed by atoms with E-state index in [1.165, 1.54) is 21.9 Å². The Morgan fingerprint density at radius 2 is 1.35 bits per heavy atom. The number of para-hydroxylation sites is 2. The van der Waals surface area contributed by atoms with Crippen LogP contribution in [0.2, 0.25) is 0 Å². The lowest BCUT2D eigenvalue weighted by Crippen LogP contribution is -1.82. The zero-order chi connectivity index (χ0) is 13.5. The Kier molecular flexibility index (Phi) is 2.40. The van der Waals surface area contributed by atoms with Crippen molar-refractivity contribution < 1.29 is 4.42 Å². The topological polar surface area (TPSA) is 13.1 Å². The molecule has 20 heavy (non-hydrogen) atoms. The molecule has 0 atom stereocenters. The molecule has 96 valence electrons. The Morgan fingerprint density at radius 1 is 0.650 bits per heavy atom. The van der Waals surface area contributed by atoms with E-state index in [4.69, 9.17) is 4.42 Å². The molecule has 4 rings (SSSR count). The van der Waals surface area contributed by atoms with Gasteiger partial charge in [-0.2, -0.15) is 0 Å². The molecule has 0 aliphatic carbocycles. The van der Waals surface area contributed by atoms with Gasteiger partial charge in [-0.25, -0.2) is 0 Å².